The number of halogens is 4. The van der Waals surface area contributed by atoms with Gasteiger partial charge in [-0.05, 0) is 18.6 Å². The highest BCUT2D eigenvalue weighted by Crippen LogP contribution is 2.22. The van der Waals surface area contributed by atoms with Gasteiger partial charge in [0.2, 0.25) is 0 Å². The van der Waals surface area contributed by atoms with Gasteiger partial charge in [0.1, 0.15) is 5.75 Å². The summed E-state index contributed by atoms with van der Waals surface area (Å²) in [6.07, 6.45) is -4.40. The summed E-state index contributed by atoms with van der Waals surface area (Å²) in [5, 5.41) is 16.0. The van der Waals surface area contributed by atoms with E-state index in [4.69, 9.17) is 4.74 Å². The van der Waals surface area contributed by atoms with Gasteiger partial charge in [-0.1, -0.05) is 48.5 Å². The van der Waals surface area contributed by atoms with Gasteiger partial charge < -0.3 is 20.5 Å². The summed E-state index contributed by atoms with van der Waals surface area (Å²) in [5.41, 5.74) is 1.56. The lowest BCUT2D eigenvalue weighted by molar-refractivity contribution is -0.153. The summed E-state index contributed by atoms with van der Waals surface area (Å²) in [5.74, 6) is 0.553. The van der Waals surface area contributed by atoms with Crippen molar-refractivity contribution in [1.29, 1.82) is 0 Å². The maximum absolute atomic E-state index is 12.4. The van der Waals surface area contributed by atoms with Gasteiger partial charge in [0, 0.05) is 24.6 Å². The molecular weight excluding hydrogens is 510 g/mol. The highest BCUT2D eigenvalue weighted by molar-refractivity contribution is 14.0. The Kier molecular flexibility index (Phi) is 11.6. The van der Waals surface area contributed by atoms with Gasteiger partial charge in [-0.2, -0.15) is 13.2 Å². The number of alkyl halides is 3. The number of aliphatic hydroxyl groups is 1. The first-order valence-electron chi connectivity index (χ1n) is 9.38. The van der Waals surface area contributed by atoms with Crippen LogP contribution in [-0.2, 0) is 6.54 Å². The van der Waals surface area contributed by atoms with Crippen molar-refractivity contribution in [2.45, 2.75) is 25.6 Å². The van der Waals surface area contributed by atoms with Gasteiger partial charge in [0.25, 0.3) is 0 Å². The van der Waals surface area contributed by atoms with Crippen LogP contribution in [-0.4, -0.2) is 43.5 Å². The average molecular weight is 537 g/mol. The van der Waals surface area contributed by atoms with Crippen LogP contribution in [0.5, 0.6) is 5.75 Å². The molecule has 0 amide bonds. The van der Waals surface area contributed by atoms with Gasteiger partial charge in [0.15, 0.2) is 12.6 Å². The molecular formula is C21H27F3IN3O2. The Hall–Kier alpha value is -2.01. The molecule has 2 aromatic rings. The van der Waals surface area contributed by atoms with Crippen molar-refractivity contribution in [2.75, 3.05) is 26.3 Å². The normalized spacial score (nSPS) is 12.6. The number of nitrogens with one attached hydrogen (secondary N) is 2. The molecule has 30 heavy (non-hydrogen) atoms. The van der Waals surface area contributed by atoms with Crippen LogP contribution in [0.3, 0.4) is 0 Å². The Morgan fingerprint density at radius 2 is 1.73 bits per heavy atom. The fourth-order valence-corrected chi connectivity index (χ4v) is 2.67. The highest BCUT2D eigenvalue weighted by atomic mass is 127. The van der Waals surface area contributed by atoms with E-state index in [9.17, 15) is 18.3 Å². The molecule has 166 valence electrons. The number of aliphatic hydroxyl groups excluding tert-OH is 1. The molecule has 0 aliphatic heterocycles. The summed E-state index contributed by atoms with van der Waals surface area (Å²) >= 11 is 0. The van der Waals surface area contributed by atoms with Crippen LogP contribution >= 0.6 is 24.0 Å². The second-order valence-corrected chi connectivity index (χ2v) is 6.38. The molecule has 0 saturated carbocycles. The van der Waals surface area contributed by atoms with E-state index < -0.39 is 12.8 Å². The molecule has 0 heterocycles. The van der Waals surface area contributed by atoms with E-state index in [-0.39, 0.29) is 48.8 Å². The van der Waals surface area contributed by atoms with E-state index in [2.05, 4.69) is 15.6 Å². The Morgan fingerprint density at radius 1 is 1.07 bits per heavy atom. The zero-order valence-electron chi connectivity index (χ0n) is 16.7. The Bertz CT molecular complexity index is 774. The zero-order valence-corrected chi connectivity index (χ0v) is 19.0. The molecule has 2 aromatic carbocycles. The Balaban J connectivity index is 0.00000450. The lowest BCUT2D eigenvalue weighted by Crippen LogP contribution is -2.39. The van der Waals surface area contributed by atoms with Gasteiger partial charge in [0.05, 0.1) is 13.2 Å². The number of hydrogen-bond donors (Lipinski definition) is 3. The van der Waals surface area contributed by atoms with Crippen LogP contribution in [0.1, 0.15) is 24.0 Å². The molecule has 1 unspecified atom stereocenters. The lowest BCUT2D eigenvalue weighted by atomic mass is 10.0. The maximum Gasteiger partial charge on any atom is 0.422 e. The van der Waals surface area contributed by atoms with Crippen LogP contribution in [0.15, 0.2) is 59.6 Å². The smallest absolute Gasteiger partial charge is 0.422 e. The fourth-order valence-electron chi connectivity index (χ4n) is 2.67. The number of benzene rings is 2. The van der Waals surface area contributed by atoms with Crippen LogP contribution in [0, 0.1) is 0 Å². The monoisotopic (exact) mass is 537 g/mol. The average Bonchev–Trinajstić information content (AvgIpc) is 2.71. The zero-order chi connectivity index (χ0) is 21.1. The molecule has 0 fully saturated rings. The number of rotatable bonds is 9. The van der Waals surface area contributed by atoms with Crippen molar-refractivity contribution >= 4 is 29.9 Å². The lowest BCUT2D eigenvalue weighted by Gasteiger charge is -2.18. The number of hydrogen-bond acceptors (Lipinski definition) is 3. The maximum atomic E-state index is 12.4. The topological polar surface area (TPSA) is 65.9 Å². The third-order valence-corrected chi connectivity index (χ3v) is 4.12. The molecule has 0 radical (unpaired) electrons. The van der Waals surface area contributed by atoms with Gasteiger partial charge in [-0.3, -0.25) is 0 Å². The highest BCUT2D eigenvalue weighted by Gasteiger charge is 2.28. The fraction of sp³-hybridized carbons (Fsp3) is 0.381. The standard InChI is InChI=1S/C21H26F3N3O2.HI/c1-2-25-20(27-13-18(14-28)16-8-4-3-5-9-16)26-12-17-10-6-7-11-19(17)29-15-21(22,23)24;/h3-11,18,28H,2,12-15H2,1H3,(H2,25,26,27);1H. The van der Waals surface area contributed by atoms with Crippen LogP contribution in [0.25, 0.3) is 0 Å². The van der Waals surface area contributed by atoms with Crippen molar-refractivity contribution in [2.24, 2.45) is 4.99 Å². The molecule has 0 bridgehead atoms. The van der Waals surface area contributed by atoms with Gasteiger partial charge in [-0.25, -0.2) is 4.99 Å². The van der Waals surface area contributed by atoms with Gasteiger partial charge >= 0.3 is 6.18 Å². The van der Waals surface area contributed by atoms with Crippen LogP contribution < -0.4 is 15.4 Å². The number of nitrogens with zero attached hydrogens (tertiary/aromatic N) is 1. The van der Waals surface area contributed by atoms with E-state index in [0.29, 0.717) is 24.6 Å². The molecule has 5 nitrogen and oxygen atoms in total. The van der Waals surface area contributed by atoms with E-state index >= 15 is 0 Å². The Morgan fingerprint density at radius 3 is 2.37 bits per heavy atom. The minimum absolute atomic E-state index is 0. The van der Waals surface area contributed by atoms with Crippen LogP contribution in [0.4, 0.5) is 13.2 Å². The minimum atomic E-state index is -4.40. The minimum Gasteiger partial charge on any atom is -0.484 e. The molecule has 1 atom stereocenters. The van der Waals surface area contributed by atoms with E-state index in [1.807, 2.05) is 37.3 Å². The summed E-state index contributed by atoms with van der Waals surface area (Å²) in [4.78, 5) is 4.44. The molecule has 3 N–H and O–H groups in total. The van der Waals surface area contributed by atoms with Crippen molar-refractivity contribution in [1.82, 2.24) is 10.6 Å². The molecule has 0 spiro atoms. The third-order valence-electron chi connectivity index (χ3n) is 4.12. The predicted octanol–water partition coefficient (Wildman–Crippen LogP) is 4.08. The second-order valence-electron chi connectivity index (χ2n) is 6.38. The van der Waals surface area contributed by atoms with E-state index in [1.165, 1.54) is 6.07 Å². The third kappa shape index (κ3) is 9.21. The van der Waals surface area contributed by atoms with Crippen molar-refractivity contribution in [3.8, 4) is 5.75 Å². The van der Waals surface area contributed by atoms with Crippen molar-refractivity contribution in [3.63, 3.8) is 0 Å². The summed E-state index contributed by atoms with van der Waals surface area (Å²) in [6, 6.07) is 16.1. The Labute approximate surface area is 191 Å². The first kappa shape index (κ1) is 26.0. The molecule has 0 aliphatic rings. The molecule has 0 aliphatic carbocycles. The van der Waals surface area contributed by atoms with E-state index in [0.717, 1.165) is 5.56 Å². The predicted molar refractivity (Wildman–Crippen MR) is 122 cm³/mol. The number of aliphatic imine (C=N–C) groups is 1. The number of para-hydroxylation sites is 1. The SMILES string of the molecule is CCNC(=NCc1ccccc1OCC(F)(F)F)NCC(CO)c1ccccc1.I. The quantitative estimate of drug-likeness (QED) is 0.257. The summed E-state index contributed by atoms with van der Waals surface area (Å²) in [6.45, 7) is 1.77. The summed E-state index contributed by atoms with van der Waals surface area (Å²) < 4.78 is 42.2. The molecule has 2 rings (SSSR count). The van der Waals surface area contributed by atoms with Crippen molar-refractivity contribution in [3.05, 3.63) is 65.7 Å². The molecule has 0 aromatic heterocycles. The largest absolute Gasteiger partial charge is 0.484 e. The number of ether oxygens (including phenoxy) is 1. The first-order chi connectivity index (χ1) is 13.9. The van der Waals surface area contributed by atoms with Gasteiger partial charge in [-0.15, -0.1) is 24.0 Å². The first-order valence-corrected chi connectivity index (χ1v) is 9.38. The molecule has 0 saturated heterocycles. The van der Waals surface area contributed by atoms with Crippen molar-refractivity contribution < 1.29 is 23.0 Å². The van der Waals surface area contributed by atoms with E-state index in [1.54, 1.807) is 18.2 Å². The molecule has 9 heteroatoms. The van der Waals surface area contributed by atoms with Crippen LogP contribution in [0.2, 0.25) is 0 Å². The second kappa shape index (κ2) is 13.3. The summed E-state index contributed by atoms with van der Waals surface area (Å²) in [7, 11) is 0. The number of guanidine groups is 1.